The fraction of sp³-hybridized carbons (Fsp3) is 0.588. The number of benzene rings is 1. The molecule has 0 radical (unpaired) electrons. The molecule has 6 heteroatoms. The lowest BCUT2D eigenvalue weighted by atomic mass is 9.93. The van der Waals surface area contributed by atoms with Crippen molar-refractivity contribution >= 4 is 5.91 Å². The summed E-state index contributed by atoms with van der Waals surface area (Å²) < 4.78 is 31.4. The standard InChI is InChI=1S/C17H23F2NO3/c1-12(21)13-4-2-8-20(11-13)17(22)5-3-9-23-16-7-6-14(18)10-15(16)19/h6-7,10,12-13,21H,2-5,8-9,11H2,1H3. The second-order valence-electron chi connectivity index (χ2n) is 6.01. The molecule has 1 aliphatic rings. The Morgan fingerprint density at radius 2 is 2.26 bits per heavy atom. The Balaban J connectivity index is 1.72. The molecule has 1 fully saturated rings. The van der Waals surface area contributed by atoms with E-state index in [9.17, 15) is 18.7 Å². The zero-order valence-corrected chi connectivity index (χ0v) is 13.3. The van der Waals surface area contributed by atoms with Crippen LogP contribution in [0.5, 0.6) is 5.75 Å². The number of hydrogen-bond donors (Lipinski definition) is 1. The molecule has 1 amide bonds. The van der Waals surface area contributed by atoms with Crippen molar-refractivity contribution in [2.75, 3.05) is 19.7 Å². The molecule has 1 heterocycles. The van der Waals surface area contributed by atoms with E-state index in [0.717, 1.165) is 31.5 Å². The highest BCUT2D eigenvalue weighted by molar-refractivity contribution is 5.76. The van der Waals surface area contributed by atoms with Crippen molar-refractivity contribution in [1.29, 1.82) is 0 Å². The highest BCUT2D eigenvalue weighted by atomic mass is 19.1. The lowest BCUT2D eigenvalue weighted by Crippen LogP contribution is -2.42. The van der Waals surface area contributed by atoms with E-state index in [1.165, 1.54) is 6.07 Å². The van der Waals surface area contributed by atoms with Gasteiger partial charge in [-0.2, -0.15) is 0 Å². The molecule has 2 atom stereocenters. The van der Waals surface area contributed by atoms with Gasteiger partial charge in [0.1, 0.15) is 5.82 Å². The molecule has 0 spiro atoms. The highest BCUT2D eigenvalue weighted by Crippen LogP contribution is 2.21. The maximum Gasteiger partial charge on any atom is 0.222 e. The predicted molar refractivity (Wildman–Crippen MR) is 82.1 cm³/mol. The van der Waals surface area contributed by atoms with E-state index < -0.39 is 17.7 Å². The first-order valence-corrected chi connectivity index (χ1v) is 8.01. The normalized spacial score (nSPS) is 19.5. The van der Waals surface area contributed by atoms with Crippen LogP contribution in [0.1, 0.15) is 32.6 Å². The molecule has 23 heavy (non-hydrogen) atoms. The molecule has 1 aromatic carbocycles. The maximum absolute atomic E-state index is 13.4. The second kappa shape index (κ2) is 8.24. The highest BCUT2D eigenvalue weighted by Gasteiger charge is 2.26. The number of ether oxygens (including phenoxy) is 1. The number of aliphatic hydroxyl groups is 1. The SMILES string of the molecule is CC(O)C1CCCN(C(=O)CCCOc2ccc(F)cc2F)C1. The molecule has 128 valence electrons. The van der Waals surface area contributed by atoms with Gasteiger partial charge in [-0.05, 0) is 38.3 Å². The molecule has 1 aliphatic heterocycles. The Kier molecular flexibility index (Phi) is 6.33. The van der Waals surface area contributed by atoms with Crippen LogP contribution in [-0.4, -0.2) is 41.7 Å². The first-order chi connectivity index (χ1) is 11.0. The first kappa shape index (κ1) is 17.7. The van der Waals surface area contributed by atoms with E-state index in [0.29, 0.717) is 19.4 Å². The van der Waals surface area contributed by atoms with Crippen molar-refractivity contribution in [3.05, 3.63) is 29.8 Å². The topological polar surface area (TPSA) is 49.8 Å². The van der Waals surface area contributed by atoms with Crippen LogP contribution in [0.4, 0.5) is 8.78 Å². The monoisotopic (exact) mass is 327 g/mol. The minimum atomic E-state index is -0.743. The molecule has 2 rings (SSSR count). The number of aliphatic hydroxyl groups excluding tert-OH is 1. The third kappa shape index (κ3) is 5.16. The molecule has 0 bridgehead atoms. The molecule has 4 nitrogen and oxygen atoms in total. The summed E-state index contributed by atoms with van der Waals surface area (Å²) in [6, 6.07) is 3.14. The van der Waals surface area contributed by atoms with Crippen LogP contribution in [-0.2, 0) is 4.79 Å². The Bertz CT molecular complexity index is 537. The average molecular weight is 327 g/mol. The fourth-order valence-electron chi connectivity index (χ4n) is 2.79. The maximum atomic E-state index is 13.4. The van der Waals surface area contributed by atoms with Gasteiger partial charge < -0.3 is 14.7 Å². The molecular weight excluding hydrogens is 304 g/mol. The molecule has 0 aliphatic carbocycles. The second-order valence-corrected chi connectivity index (χ2v) is 6.01. The number of carbonyl (C=O) groups excluding carboxylic acids is 1. The Labute approximate surface area is 135 Å². The number of piperidine rings is 1. The third-order valence-corrected chi connectivity index (χ3v) is 4.18. The number of halogens is 2. The summed E-state index contributed by atoms with van der Waals surface area (Å²) in [6.45, 7) is 3.26. The lowest BCUT2D eigenvalue weighted by molar-refractivity contribution is -0.134. The number of amides is 1. The van der Waals surface area contributed by atoms with Gasteiger partial charge in [-0.1, -0.05) is 0 Å². The van der Waals surface area contributed by atoms with Gasteiger partial charge in [0.15, 0.2) is 11.6 Å². The Hall–Kier alpha value is -1.69. The average Bonchev–Trinajstić information content (AvgIpc) is 2.53. The molecule has 0 saturated carbocycles. The van der Waals surface area contributed by atoms with Crippen LogP contribution >= 0.6 is 0 Å². The van der Waals surface area contributed by atoms with Crippen LogP contribution in [0.15, 0.2) is 18.2 Å². The van der Waals surface area contributed by atoms with Crippen LogP contribution in [0, 0.1) is 17.6 Å². The quantitative estimate of drug-likeness (QED) is 0.818. The molecular formula is C17H23F2NO3. The van der Waals surface area contributed by atoms with Gasteiger partial charge in [-0.25, -0.2) is 8.78 Å². The van der Waals surface area contributed by atoms with Crippen molar-refractivity contribution in [2.24, 2.45) is 5.92 Å². The first-order valence-electron chi connectivity index (χ1n) is 8.01. The van der Waals surface area contributed by atoms with Gasteiger partial charge in [0.05, 0.1) is 12.7 Å². The zero-order valence-electron chi connectivity index (χ0n) is 13.3. The van der Waals surface area contributed by atoms with Gasteiger partial charge >= 0.3 is 0 Å². The number of nitrogens with zero attached hydrogens (tertiary/aromatic N) is 1. The lowest BCUT2D eigenvalue weighted by Gasteiger charge is -2.34. The summed E-state index contributed by atoms with van der Waals surface area (Å²) >= 11 is 0. The fourth-order valence-corrected chi connectivity index (χ4v) is 2.79. The molecule has 1 aromatic rings. The summed E-state index contributed by atoms with van der Waals surface area (Å²) in [5.41, 5.74) is 0. The van der Waals surface area contributed by atoms with Crippen molar-refractivity contribution in [2.45, 2.75) is 38.7 Å². The van der Waals surface area contributed by atoms with Gasteiger partial charge in [0, 0.05) is 31.5 Å². The van der Waals surface area contributed by atoms with Crippen LogP contribution in [0.3, 0.4) is 0 Å². The summed E-state index contributed by atoms with van der Waals surface area (Å²) in [4.78, 5) is 13.9. The van der Waals surface area contributed by atoms with E-state index in [4.69, 9.17) is 4.74 Å². The van der Waals surface area contributed by atoms with Crippen LogP contribution < -0.4 is 4.74 Å². The predicted octanol–water partition coefficient (Wildman–Crippen LogP) is 2.74. The van der Waals surface area contributed by atoms with Gasteiger partial charge in [0.25, 0.3) is 0 Å². The van der Waals surface area contributed by atoms with E-state index >= 15 is 0 Å². The Morgan fingerprint density at radius 3 is 2.96 bits per heavy atom. The molecule has 1 N–H and O–H groups in total. The zero-order chi connectivity index (χ0) is 16.8. The number of likely N-dealkylation sites (tertiary alicyclic amines) is 1. The smallest absolute Gasteiger partial charge is 0.222 e. The summed E-state index contributed by atoms with van der Waals surface area (Å²) in [6.07, 6.45) is 2.21. The minimum absolute atomic E-state index is 0.00834. The number of rotatable bonds is 6. The largest absolute Gasteiger partial charge is 0.491 e. The number of carbonyl (C=O) groups is 1. The van der Waals surface area contributed by atoms with E-state index in [2.05, 4.69) is 0 Å². The number of hydrogen-bond acceptors (Lipinski definition) is 3. The summed E-state index contributed by atoms with van der Waals surface area (Å²) in [7, 11) is 0. The molecule has 0 aromatic heterocycles. The van der Waals surface area contributed by atoms with Crippen molar-refractivity contribution in [3.8, 4) is 5.75 Å². The molecule has 1 saturated heterocycles. The Morgan fingerprint density at radius 1 is 1.48 bits per heavy atom. The van der Waals surface area contributed by atoms with Crippen molar-refractivity contribution < 1.29 is 23.4 Å². The van der Waals surface area contributed by atoms with E-state index in [-0.39, 0.29) is 24.2 Å². The molecule has 2 unspecified atom stereocenters. The van der Waals surface area contributed by atoms with E-state index in [1.807, 2.05) is 0 Å². The van der Waals surface area contributed by atoms with Crippen LogP contribution in [0.25, 0.3) is 0 Å². The summed E-state index contributed by atoms with van der Waals surface area (Å²) in [5.74, 6) is -1.24. The van der Waals surface area contributed by atoms with E-state index in [1.54, 1.807) is 11.8 Å². The van der Waals surface area contributed by atoms with Crippen molar-refractivity contribution in [1.82, 2.24) is 4.90 Å². The van der Waals surface area contributed by atoms with Crippen molar-refractivity contribution in [3.63, 3.8) is 0 Å². The van der Waals surface area contributed by atoms with Gasteiger partial charge in [0.2, 0.25) is 5.91 Å². The van der Waals surface area contributed by atoms with Gasteiger partial charge in [-0.3, -0.25) is 4.79 Å². The third-order valence-electron chi connectivity index (χ3n) is 4.18. The summed E-state index contributed by atoms with van der Waals surface area (Å²) in [5, 5.41) is 9.64. The van der Waals surface area contributed by atoms with Gasteiger partial charge in [-0.15, -0.1) is 0 Å². The minimum Gasteiger partial charge on any atom is -0.491 e. The van der Waals surface area contributed by atoms with Crippen LogP contribution in [0.2, 0.25) is 0 Å².